The molecule has 0 N–H and O–H groups in total. The number of hydrogen-bond donors (Lipinski definition) is 0. The number of aromatic nitrogens is 1. The Balaban J connectivity index is 1.58. The predicted molar refractivity (Wildman–Crippen MR) is 97.2 cm³/mol. The Morgan fingerprint density at radius 1 is 1.17 bits per heavy atom. The fraction of sp³-hybridized carbons (Fsp3) is 0.550. The minimum Gasteiger partial charge on any atom is -0.351 e. The molecule has 3 saturated heterocycles. The summed E-state index contributed by atoms with van der Waals surface area (Å²) in [5.74, 6) is 0.839. The number of nitrogens with zero attached hydrogens (tertiary/aromatic N) is 3. The van der Waals surface area contributed by atoms with Crippen LogP contribution in [0.3, 0.4) is 0 Å². The van der Waals surface area contributed by atoms with Gasteiger partial charge in [0.25, 0.3) is 5.91 Å². The number of rotatable bonds is 3. The minimum absolute atomic E-state index is 0.202. The topological polar surface area (TPSA) is 28.5 Å². The molecule has 2 bridgehead atoms. The summed E-state index contributed by atoms with van der Waals surface area (Å²) in [7, 11) is 2.03. The zero-order valence-corrected chi connectivity index (χ0v) is 14.7. The van der Waals surface area contributed by atoms with Gasteiger partial charge in [0.15, 0.2) is 0 Å². The molecule has 0 saturated carbocycles. The van der Waals surface area contributed by atoms with Crippen molar-refractivity contribution >= 4 is 16.8 Å². The predicted octanol–water partition coefficient (Wildman–Crippen LogP) is 3.12. The van der Waals surface area contributed by atoms with E-state index in [1.165, 1.54) is 37.7 Å². The van der Waals surface area contributed by atoms with Gasteiger partial charge in [-0.1, -0.05) is 13.0 Å². The van der Waals surface area contributed by atoms with Gasteiger partial charge >= 0.3 is 0 Å². The van der Waals surface area contributed by atoms with Gasteiger partial charge in [-0.3, -0.25) is 9.69 Å². The molecule has 0 radical (unpaired) electrons. The maximum absolute atomic E-state index is 13.1. The summed E-state index contributed by atoms with van der Waals surface area (Å²) >= 11 is 0. The molecule has 2 aromatic rings. The van der Waals surface area contributed by atoms with Gasteiger partial charge < -0.3 is 9.47 Å². The molecule has 4 nitrogen and oxygen atoms in total. The Morgan fingerprint density at radius 3 is 2.88 bits per heavy atom. The summed E-state index contributed by atoms with van der Waals surface area (Å²) < 4.78 is 2.08. The van der Waals surface area contributed by atoms with Crippen molar-refractivity contribution in [2.45, 2.75) is 32.2 Å². The highest BCUT2D eigenvalue weighted by atomic mass is 16.2. The third-order valence-corrected chi connectivity index (χ3v) is 5.76. The van der Waals surface area contributed by atoms with E-state index in [1.807, 2.05) is 25.4 Å². The van der Waals surface area contributed by atoms with Crippen LogP contribution in [0.4, 0.5) is 0 Å². The molecule has 0 unspecified atom stereocenters. The number of amides is 1. The van der Waals surface area contributed by atoms with Crippen molar-refractivity contribution in [2.75, 3.05) is 26.2 Å². The lowest BCUT2D eigenvalue weighted by atomic mass is 9.95. The first-order valence-electron chi connectivity index (χ1n) is 9.24. The summed E-state index contributed by atoms with van der Waals surface area (Å²) in [6.45, 7) is 6.38. The lowest BCUT2D eigenvalue weighted by Crippen LogP contribution is -2.44. The molecule has 5 rings (SSSR count). The van der Waals surface area contributed by atoms with Gasteiger partial charge in [0.1, 0.15) is 0 Å². The second kappa shape index (κ2) is 6.25. The van der Waals surface area contributed by atoms with Crippen molar-refractivity contribution in [3.63, 3.8) is 0 Å². The van der Waals surface area contributed by atoms with Crippen molar-refractivity contribution in [1.82, 2.24) is 14.4 Å². The number of hydrogen-bond acceptors (Lipinski definition) is 2. The highest BCUT2D eigenvalue weighted by molar-refractivity contribution is 5.98. The van der Waals surface area contributed by atoms with E-state index in [-0.39, 0.29) is 5.91 Å². The Hall–Kier alpha value is -1.81. The van der Waals surface area contributed by atoms with Crippen LogP contribution in [-0.4, -0.2) is 52.5 Å². The molecule has 1 aromatic carbocycles. The standard InChI is InChI=1S/C20H27N3O/c1-3-9-22-12-15-4-7-18(22)14-23(13-15)20(24)17-6-5-16-8-10-21(2)19(16)11-17/h5-6,8,10-11,15,18H,3-4,7,9,12-14H2,1-2H3/t15-,18-/m0/s1. The molecule has 3 aliphatic heterocycles. The highest BCUT2D eigenvalue weighted by Gasteiger charge is 2.36. The van der Waals surface area contributed by atoms with Crippen LogP contribution in [0.2, 0.25) is 0 Å². The lowest BCUT2D eigenvalue weighted by Gasteiger charge is -2.35. The van der Waals surface area contributed by atoms with E-state index in [0.29, 0.717) is 12.0 Å². The Morgan fingerprint density at radius 2 is 2.04 bits per heavy atom. The van der Waals surface area contributed by atoms with Crippen LogP contribution in [0.25, 0.3) is 10.9 Å². The van der Waals surface area contributed by atoms with E-state index < -0.39 is 0 Å². The fourth-order valence-corrected chi connectivity index (χ4v) is 4.48. The maximum atomic E-state index is 13.1. The lowest BCUT2D eigenvalue weighted by molar-refractivity contribution is 0.0738. The molecule has 3 fully saturated rings. The van der Waals surface area contributed by atoms with E-state index in [0.717, 1.165) is 24.2 Å². The average Bonchev–Trinajstić information content (AvgIpc) is 2.76. The van der Waals surface area contributed by atoms with Gasteiger partial charge in [-0.2, -0.15) is 0 Å². The van der Waals surface area contributed by atoms with Crippen molar-refractivity contribution < 1.29 is 4.79 Å². The molecule has 1 aromatic heterocycles. The SMILES string of the molecule is CCCN1C[C@@H]2CC[C@H]1CN(C(=O)c1ccc3ccn(C)c3c1)C2. The Bertz CT molecular complexity index is 750. The molecule has 0 aliphatic carbocycles. The van der Waals surface area contributed by atoms with Crippen LogP contribution in [0.1, 0.15) is 36.5 Å². The van der Waals surface area contributed by atoms with Gasteiger partial charge in [-0.25, -0.2) is 0 Å². The van der Waals surface area contributed by atoms with Crippen LogP contribution < -0.4 is 0 Å². The van der Waals surface area contributed by atoms with Crippen molar-refractivity contribution in [2.24, 2.45) is 13.0 Å². The van der Waals surface area contributed by atoms with E-state index in [9.17, 15) is 4.79 Å². The summed E-state index contributed by atoms with van der Waals surface area (Å²) in [4.78, 5) is 17.8. The molecule has 0 spiro atoms. The number of carbonyl (C=O) groups excluding carboxylic acids is 1. The summed E-state index contributed by atoms with van der Waals surface area (Å²) in [5, 5.41) is 1.19. The summed E-state index contributed by atoms with van der Waals surface area (Å²) in [5.41, 5.74) is 1.96. The van der Waals surface area contributed by atoms with Gasteiger partial charge in [-0.15, -0.1) is 0 Å². The zero-order chi connectivity index (χ0) is 16.7. The second-order valence-corrected chi connectivity index (χ2v) is 7.50. The van der Waals surface area contributed by atoms with E-state index in [1.54, 1.807) is 0 Å². The molecule has 3 aliphatic rings. The summed E-state index contributed by atoms with van der Waals surface area (Å²) in [6.07, 6.45) is 5.76. The van der Waals surface area contributed by atoms with Crippen molar-refractivity contribution in [3.8, 4) is 0 Å². The first-order valence-corrected chi connectivity index (χ1v) is 9.24. The van der Waals surface area contributed by atoms with Crippen LogP contribution in [-0.2, 0) is 7.05 Å². The maximum Gasteiger partial charge on any atom is 0.253 e. The third kappa shape index (κ3) is 2.73. The molecule has 24 heavy (non-hydrogen) atoms. The van der Waals surface area contributed by atoms with Crippen molar-refractivity contribution in [3.05, 3.63) is 36.0 Å². The largest absolute Gasteiger partial charge is 0.351 e. The fourth-order valence-electron chi connectivity index (χ4n) is 4.48. The van der Waals surface area contributed by atoms with E-state index >= 15 is 0 Å². The first kappa shape index (κ1) is 15.7. The van der Waals surface area contributed by atoms with Gasteiger partial charge in [0.05, 0.1) is 0 Å². The minimum atomic E-state index is 0.202. The second-order valence-electron chi connectivity index (χ2n) is 7.50. The van der Waals surface area contributed by atoms with Gasteiger partial charge in [0.2, 0.25) is 0 Å². The normalized spacial score (nSPS) is 24.5. The molecule has 1 amide bonds. The average molecular weight is 325 g/mol. The molecule has 4 heterocycles. The molecule has 4 heteroatoms. The summed E-state index contributed by atoms with van der Waals surface area (Å²) in [6, 6.07) is 8.75. The molecular weight excluding hydrogens is 298 g/mol. The Kier molecular flexibility index (Phi) is 4.09. The van der Waals surface area contributed by atoms with Crippen LogP contribution in [0, 0.1) is 5.92 Å². The number of carbonyl (C=O) groups is 1. The monoisotopic (exact) mass is 325 g/mol. The van der Waals surface area contributed by atoms with Crippen LogP contribution >= 0.6 is 0 Å². The zero-order valence-electron chi connectivity index (χ0n) is 14.7. The van der Waals surface area contributed by atoms with Crippen LogP contribution in [0.15, 0.2) is 30.5 Å². The highest BCUT2D eigenvalue weighted by Crippen LogP contribution is 2.29. The van der Waals surface area contributed by atoms with Gasteiger partial charge in [0, 0.05) is 50.0 Å². The molecular formula is C20H27N3O. The number of piperidine rings is 1. The van der Waals surface area contributed by atoms with Crippen molar-refractivity contribution in [1.29, 1.82) is 0 Å². The smallest absolute Gasteiger partial charge is 0.253 e. The van der Waals surface area contributed by atoms with Gasteiger partial charge in [-0.05, 0) is 55.3 Å². The third-order valence-electron chi connectivity index (χ3n) is 5.76. The van der Waals surface area contributed by atoms with E-state index in [2.05, 4.69) is 33.4 Å². The van der Waals surface area contributed by atoms with Crippen LogP contribution in [0.5, 0.6) is 0 Å². The first-order chi connectivity index (χ1) is 11.7. The number of aryl methyl sites for hydroxylation is 1. The van der Waals surface area contributed by atoms with E-state index in [4.69, 9.17) is 0 Å². The number of fused-ring (bicyclic) bond motifs is 5. The Labute approximate surface area is 144 Å². The molecule has 2 atom stereocenters. The number of benzene rings is 1. The molecule has 128 valence electrons. The quantitative estimate of drug-likeness (QED) is 0.867.